The molecule has 0 spiro atoms. The Labute approximate surface area is 197 Å². The summed E-state index contributed by atoms with van der Waals surface area (Å²) in [6, 6.07) is 16.4. The molecule has 2 aromatic heterocycles. The molecule has 0 atom stereocenters. The monoisotopic (exact) mass is 476 g/mol. The van der Waals surface area contributed by atoms with Crippen molar-refractivity contribution in [2.24, 2.45) is 0 Å². The summed E-state index contributed by atoms with van der Waals surface area (Å²) in [6.07, 6.45) is 0. The Morgan fingerprint density at radius 3 is 2.56 bits per heavy atom. The van der Waals surface area contributed by atoms with E-state index in [-0.39, 0.29) is 23.3 Å². The van der Waals surface area contributed by atoms with Gasteiger partial charge in [0.05, 0.1) is 21.6 Å². The fraction of sp³-hybridized carbons (Fsp3) is 0.120. The van der Waals surface area contributed by atoms with Gasteiger partial charge in [0.25, 0.3) is 5.56 Å². The number of halogens is 2. The zero-order chi connectivity index (χ0) is 24.0. The van der Waals surface area contributed by atoms with Crippen molar-refractivity contribution < 1.29 is 8.91 Å². The van der Waals surface area contributed by atoms with Crippen LogP contribution in [0.25, 0.3) is 28.0 Å². The topological polar surface area (TPSA) is 82.9 Å². The van der Waals surface area contributed by atoms with Gasteiger partial charge in [0.15, 0.2) is 0 Å². The van der Waals surface area contributed by atoms with Gasteiger partial charge in [-0.05, 0) is 67.4 Å². The minimum absolute atomic E-state index is 0.0147. The average molecular weight is 477 g/mol. The first-order valence-electron chi connectivity index (χ1n) is 10.4. The molecule has 7 nitrogen and oxygen atoms in total. The van der Waals surface area contributed by atoms with E-state index in [1.807, 2.05) is 19.9 Å². The molecule has 9 heteroatoms. The second-order valence-corrected chi connectivity index (χ2v) is 8.34. The third-order valence-electron chi connectivity index (χ3n) is 5.74. The van der Waals surface area contributed by atoms with E-state index in [4.69, 9.17) is 16.1 Å². The summed E-state index contributed by atoms with van der Waals surface area (Å²) in [6.45, 7) is 3.80. The molecule has 0 N–H and O–H groups in total. The van der Waals surface area contributed by atoms with E-state index in [9.17, 15) is 14.0 Å². The lowest BCUT2D eigenvalue weighted by molar-refractivity contribution is 0.370. The van der Waals surface area contributed by atoms with Gasteiger partial charge in [-0.2, -0.15) is 4.98 Å². The predicted octanol–water partition coefficient (Wildman–Crippen LogP) is 4.66. The highest BCUT2D eigenvalue weighted by atomic mass is 35.5. The number of aromatic nitrogens is 4. The van der Waals surface area contributed by atoms with E-state index in [1.165, 1.54) is 16.7 Å². The van der Waals surface area contributed by atoms with Crippen molar-refractivity contribution >= 4 is 22.5 Å². The standard InChI is InChI=1S/C25H18ClFN4O3/c1-14-7-9-17(11-15(14)2)31-24(32)18-5-3-4-6-21(18)30(25(31)33)13-22-28-23(29-34-22)16-8-10-19(26)20(27)12-16/h3-12H,13H2,1-2H3. The molecule has 2 heterocycles. The van der Waals surface area contributed by atoms with Gasteiger partial charge in [-0.25, -0.2) is 13.8 Å². The molecule has 0 amide bonds. The van der Waals surface area contributed by atoms with Crippen molar-refractivity contribution in [1.29, 1.82) is 0 Å². The number of aryl methyl sites for hydroxylation is 2. The summed E-state index contributed by atoms with van der Waals surface area (Å²) in [4.78, 5) is 31.1. The summed E-state index contributed by atoms with van der Waals surface area (Å²) in [5.41, 5.74) is 2.35. The van der Waals surface area contributed by atoms with Gasteiger partial charge in [-0.1, -0.05) is 35.0 Å². The number of rotatable bonds is 4. The molecule has 34 heavy (non-hydrogen) atoms. The fourth-order valence-corrected chi connectivity index (χ4v) is 3.89. The number of fused-ring (bicyclic) bond motifs is 1. The Hall–Kier alpha value is -4.04. The molecular formula is C25H18ClFN4O3. The molecule has 170 valence electrons. The predicted molar refractivity (Wildman–Crippen MR) is 127 cm³/mol. The Morgan fingerprint density at radius 2 is 1.79 bits per heavy atom. The Balaban J connectivity index is 1.65. The number of hydrogen-bond donors (Lipinski definition) is 0. The molecule has 0 aliphatic heterocycles. The van der Waals surface area contributed by atoms with Crippen LogP contribution in [0.1, 0.15) is 17.0 Å². The van der Waals surface area contributed by atoms with E-state index in [0.717, 1.165) is 15.7 Å². The van der Waals surface area contributed by atoms with Crippen LogP contribution in [-0.4, -0.2) is 19.3 Å². The molecule has 5 rings (SSSR count). The van der Waals surface area contributed by atoms with Crippen molar-refractivity contribution in [1.82, 2.24) is 19.3 Å². The summed E-state index contributed by atoms with van der Waals surface area (Å²) in [7, 11) is 0. The molecule has 0 saturated heterocycles. The number of hydrogen-bond acceptors (Lipinski definition) is 5. The average Bonchev–Trinajstić information content (AvgIpc) is 3.29. The van der Waals surface area contributed by atoms with Gasteiger partial charge in [-0.3, -0.25) is 9.36 Å². The molecule has 0 fully saturated rings. The number of benzene rings is 3. The summed E-state index contributed by atoms with van der Waals surface area (Å²) < 4.78 is 21.7. The third-order valence-corrected chi connectivity index (χ3v) is 6.05. The zero-order valence-electron chi connectivity index (χ0n) is 18.3. The van der Waals surface area contributed by atoms with Crippen molar-refractivity contribution in [3.8, 4) is 17.1 Å². The van der Waals surface area contributed by atoms with Crippen LogP contribution < -0.4 is 11.2 Å². The molecule has 3 aromatic carbocycles. The maximum absolute atomic E-state index is 13.8. The lowest BCUT2D eigenvalue weighted by Gasteiger charge is -2.13. The van der Waals surface area contributed by atoms with Crippen LogP contribution in [0.15, 0.2) is 74.8 Å². The van der Waals surface area contributed by atoms with Crippen LogP contribution >= 0.6 is 11.6 Å². The van der Waals surface area contributed by atoms with Crippen molar-refractivity contribution in [3.63, 3.8) is 0 Å². The largest absolute Gasteiger partial charge is 0.337 e. The minimum Gasteiger partial charge on any atom is -0.337 e. The molecule has 0 saturated carbocycles. The Kier molecular flexibility index (Phi) is 5.37. The number of para-hydroxylation sites is 1. The minimum atomic E-state index is -0.604. The van der Waals surface area contributed by atoms with Crippen molar-refractivity contribution in [3.05, 3.63) is 109 Å². The van der Waals surface area contributed by atoms with E-state index in [2.05, 4.69) is 10.1 Å². The van der Waals surface area contributed by atoms with Crippen LogP contribution in [0.4, 0.5) is 4.39 Å². The van der Waals surface area contributed by atoms with E-state index in [1.54, 1.807) is 42.5 Å². The Morgan fingerprint density at radius 1 is 1.00 bits per heavy atom. The number of nitrogens with zero attached hydrogens (tertiary/aromatic N) is 4. The fourth-order valence-electron chi connectivity index (χ4n) is 3.77. The molecule has 0 unspecified atom stereocenters. The first kappa shape index (κ1) is 21.8. The van der Waals surface area contributed by atoms with Crippen LogP contribution in [0, 0.1) is 19.7 Å². The van der Waals surface area contributed by atoms with E-state index >= 15 is 0 Å². The summed E-state index contributed by atoms with van der Waals surface area (Å²) in [5, 5.41) is 4.26. The third kappa shape index (κ3) is 3.72. The zero-order valence-corrected chi connectivity index (χ0v) is 19.0. The molecule has 0 aliphatic carbocycles. The second kappa shape index (κ2) is 8.39. The van der Waals surface area contributed by atoms with Gasteiger partial charge in [-0.15, -0.1) is 0 Å². The lowest BCUT2D eigenvalue weighted by Crippen LogP contribution is -2.39. The maximum atomic E-state index is 13.8. The lowest BCUT2D eigenvalue weighted by atomic mass is 10.1. The maximum Gasteiger partial charge on any atom is 0.336 e. The smallest absolute Gasteiger partial charge is 0.336 e. The molecule has 0 aliphatic rings. The van der Waals surface area contributed by atoms with E-state index in [0.29, 0.717) is 22.2 Å². The second-order valence-electron chi connectivity index (χ2n) is 7.94. The van der Waals surface area contributed by atoms with E-state index < -0.39 is 17.1 Å². The van der Waals surface area contributed by atoms with Gasteiger partial charge >= 0.3 is 5.69 Å². The first-order chi connectivity index (χ1) is 16.3. The van der Waals surface area contributed by atoms with Gasteiger partial charge in [0.1, 0.15) is 12.4 Å². The van der Waals surface area contributed by atoms with Crippen molar-refractivity contribution in [2.75, 3.05) is 0 Å². The molecule has 0 radical (unpaired) electrons. The van der Waals surface area contributed by atoms with Crippen LogP contribution in [0.3, 0.4) is 0 Å². The van der Waals surface area contributed by atoms with Crippen LogP contribution in [-0.2, 0) is 6.54 Å². The van der Waals surface area contributed by atoms with Crippen molar-refractivity contribution in [2.45, 2.75) is 20.4 Å². The molecular weight excluding hydrogens is 459 g/mol. The summed E-state index contributed by atoms with van der Waals surface area (Å²) in [5.74, 6) is -0.318. The normalized spacial score (nSPS) is 11.3. The highest BCUT2D eigenvalue weighted by Gasteiger charge is 2.18. The SMILES string of the molecule is Cc1ccc(-n2c(=O)c3ccccc3n(Cc3nc(-c4ccc(Cl)c(F)c4)no3)c2=O)cc1C. The summed E-state index contributed by atoms with van der Waals surface area (Å²) >= 11 is 5.74. The van der Waals surface area contributed by atoms with Gasteiger partial charge < -0.3 is 4.52 Å². The van der Waals surface area contributed by atoms with Gasteiger partial charge in [0.2, 0.25) is 11.7 Å². The molecule has 0 bridgehead atoms. The Bertz CT molecular complexity index is 1690. The highest BCUT2D eigenvalue weighted by Crippen LogP contribution is 2.22. The van der Waals surface area contributed by atoms with Crippen LogP contribution in [0.2, 0.25) is 5.02 Å². The highest BCUT2D eigenvalue weighted by molar-refractivity contribution is 6.30. The first-order valence-corrected chi connectivity index (χ1v) is 10.8. The quantitative estimate of drug-likeness (QED) is 0.377. The van der Waals surface area contributed by atoms with Gasteiger partial charge in [0, 0.05) is 5.56 Å². The van der Waals surface area contributed by atoms with Crippen LogP contribution in [0.5, 0.6) is 0 Å². The molecule has 5 aromatic rings.